The van der Waals surface area contributed by atoms with Crippen molar-refractivity contribution in [2.45, 2.75) is 26.7 Å². The van der Waals surface area contributed by atoms with Gasteiger partial charge in [0.1, 0.15) is 5.65 Å². The third kappa shape index (κ3) is 1.94. The Bertz CT molecular complexity index is 1280. The van der Waals surface area contributed by atoms with Gasteiger partial charge in [0, 0.05) is 10.8 Å². The summed E-state index contributed by atoms with van der Waals surface area (Å²) in [7, 11) is 0. The van der Waals surface area contributed by atoms with E-state index in [1.54, 1.807) is 0 Å². The summed E-state index contributed by atoms with van der Waals surface area (Å²) < 4.78 is 2.33. The van der Waals surface area contributed by atoms with Gasteiger partial charge in [-0.2, -0.15) is 0 Å². The van der Waals surface area contributed by atoms with Crippen molar-refractivity contribution >= 4 is 38.4 Å². The second-order valence-corrected chi connectivity index (χ2v) is 7.19. The third-order valence-corrected chi connectivity index (χ3v) is 5.27. The zero-order chi connectivity index (χ0) is 17.1. The van der Waals surface area contributed by atoms with Gasteiger partial charge >= 0.3 is 0 Å². The standard InChI is InChI=1S/C23H20N2/c1-14(2)16-11-12-19-21(13-16)25-20-10-5-4-8-17(20)22-15(3)7-6-9-18(22)23(25)24-19/h4-14H,1-3H3. The number of hydrogen-bond acceptors (Lipinski definition) is 1. The maximum Gasteiger partial charge on any atom is 0.146 e. The SMILES string of the molecule is Cc1cccc2c1c1ccccc1n1c3cc(C(C)C)ccc3nc21. The van der Waals surface area contributed by atoms with E-state index in [2.05, 4.69) is 85.8 Å². The molecule has 0 bridgehead atoms. The van der Waals surface area contributed by atoms with Crippen LogP contribution >= 0.6 is 0 Å². The number of fused-ring (bicyclic) bond motifs is 8. The van der Waals surface area contributed by atoms with Crippen LogP contribution in [0.1, 0.15) is 30.9 Å². The third-order valence-electron chi connectivity index (χ3n) is 5.27. The van der Waals surface area contributed by atoms with E-state index >= 15 is 0 Å². The predicted octanol–water partition coefficient (Wildman–Crippen LogP) is 6.23. The predicted molar refractivity (Wildman–Crippen MR) is 107 cm³/mol. The van der Waals surface area contributed by atoms with Gasteiger partial charge in [-0.25, -0.2) is 4.98 Å². The van der Waals surface area contributed by atoms with Crippen molar-refractivity contribution in [1.29, 1.82) is 0 Å². The second-order valence-electron chi connectivity index (χ2n) is 7.19. The average molecular weight is 324 g/mol. The molecule has 122 valence electrons. The van der Waals surface area contributed by atoms with Crippen LogP contribution in [0.4, 0.5) is 0 Å². The van der Waals surface area contributed by atoms with Crippen molar-refractivity contribution in [3.63, 3.8) is 0 Å². The number of nitrogens with zero attached hydrogens (tertiary/aromatic N) is 2. The molecule has 0 saturated heterocycles. The normalized spacial score (nSPS) is 12.2. The molecule has 0 fully saturated rings. The van der Waals surface area contributed by atoms with Gasteiger partial charge < -0.3 is 0 Å². The number of benzene rings is 3. The Balaban J connectivity index is 2.12. The van der Waals surface area contributed by atoms with Crippen LogP contribution in [0.3, 0.4) is 0 Å². The molecule has 0 aliphatic rings. The van der Waals surface area contributed by atoms with E-state index in [-0.39, 0.29) is 0 Å². The topological polar surface area (TPSA) is 17.3 Å². The van der Waals surface area contributed by atoms with Crippen LogP contribution in [0.2, 0.25) is 0 Å². The summed E-state index contributed by atoms with van der Waals surface area (Å²) in [4.78, 5) is 5.00. The number of para-hydroxylation sites is 1. The Morgan fingerprint density at radius 3 is 2.48 bits per heavy atom. The molecule has 0 aliphatic heterocycles. The summed E-state index contributed by atoms with van der Waals surface area (Å²) in [5.74, 6) is 0.504. The van der Waals surface area contributed by atoms with Crippen molar-refractivity contribution in [3.05, 3.63) is 71.8 Å². The zero-order valence-electron chi connectivity index (χ0n) is 14.7. The molecule has 0 N–H and O–H groups in total. The number of aromatic nitrogens is 2. The molecule has 0 radical (unpaired) electrons. The van der Waals surface area contributed by atoms with E-state index in [1.807, 2.05) is 0 Å². The molecule has 0 spiro atoms. The summed E-state index contributed by atoms with van der Waals surface area (Å²) in [6, 6.07) is 21.8. The van der Waals surface area contributed by atoms with Crippen LogP contribution in [-0.2, 0) is 0 Å². The van der Waals surface area contributed by atoms with E-state index in [0.717, 1.165) is 11.2 Å². The minimum absolute atomic E-state index is 0.504. The molecule has 0 aliphatic carbocycles. The summed E-state index contributed by atoms with van der Waals surface area (Å²) in [6.45, 7) is 6.66. The van der Waals surface area contributed by atoms with Crippen molar-refractivity contribution in [2.75, 3.05) is 0 Å². The van der Waals surface area contributed by atoms with E-state index in [9.17, 15) is 0 Å². The quantitative estimate of drug-likeness (QED) is 0.334. The lowest BCUT2D eigenvalue weighted by Gasteiger charge is -2.11. The average Bonchev–Trinajstić information content (AvgIpc) is 3.01. The van der Waals surface area contributed by atoms with Crippen LogP contribution in [0, 0.1) is 6.92 Å². The van der Waals surface area contributed by atoms with Crippen molar-refractivity contribution in [2.24, 2.45) is 0 Å². The summed E-state index contributed by atoms with van der Waals surface area (Å²) >= 11 is 0. The minimum atomic E-state index is 0.504. The van der Waals surface area contributed by atoms with Crippen molar-refractivity contribution < 1.29 is 0 Å². The lowest BCUT2D eigenvalue weighted by Crippen LogP contribution is -1.93. The number of rotatable bonds is 1. The maximum absolute atomic E-state index is 5.00. The Labute approximate surface area is 146 Å². The fraction of sp³-hybridized carbons (Fsp3) is 0.174. The first-order valence-corrected chi connectivity index (χ1v) is 8.87. The van der Waals surface area contributed by atoms with Gasteiger partial charge in [-0.05, 0) is 47.6 Å². The lowest BCUT2D eigenvalue weighted by molar-refractivity contribution is 0.868. The van der Waals surface area contributed by atoms with Crippen LogP contribution in [0.15, 0.2) is 60.7 Å². The highest BCUT2D eigenvalue weighted by Crippen LogP contribution is 2.34. The highest BCUT2D eigenvalue weighted by Gasteiger charge is 2.15. The number of aryl methyl sites for hydroxylation is 1. The summed E-state index contributed by atoms with van der Waals surface area (Å²) in [5, 5.41) is 3.82. The fourth-order valence-corrected chi connectivity index (χ4v) is 3.97. The Kier molecular flexibility index (Phi) is 2.93. The van der Waals surface area contributed by atoms with Gasteiger partial charge in [0.25, 0.3) is 0 Å². The zero-order valence-corrected chi connectivity index (χ0v) is 14.7. The van der Waals surface area contributed by atoms with Crippen molar-refractivity contribution in [3.8, 4) is 0 Å². The molecule has 2 heterocycles. The molecular formula is C23H20N2. The van der Waals surface area contributed by atoms with Crippen LogP contribution in [-0.4, -0.2) is 9.38 Å². The highest BCUT2D eigenvalue weighted by atomic mass is 15.0. The van der Waals surface area contributed by atoms with Gasteiger partial charge in [0.15, 0.2) is 0 Å². The second kappa shape index (κ2) is 5.06. The number of pyridine rings is 1. The van der Waals surface area contributed by atoms with E-state index in [0.29, 0.717) is 5.92 Å². The summed E-state index contributed by atoms with van der Waals surface area (Å²) in [5.41, 5.74) is 7.18. The minimum Gasteiger partial charge on any atom is -0.292 e. The van der Waals surface area contributed by atoms with Gasteiger partial charge in [-0.3, -0.25) is 4.40 Å². The molecule has 0 unspecified atom stereocenters. The molecule has 5 aromatic rings. The molecule has 0 amide bonds. The number of hydrogen-bond donors (Lipinski definition) is 0. The van der Waals surface area contributed by atoms with Gasteiger partial charge in [0.2, 0.25) is 0 Å². The fourth-order valence-electron chi connectivity index (χ4n) is 3.97. The molecule has 3 aromatic carbocycles. The first-order valence-electron chi connectivity index (χ1n) is 8.87. The molecule has 25 heavy (non-hydrogen) atoms. The largest absolute Gasteiger partial charge is 0.292 e. The first kappa shape index (κ1) is 14.5. The number of imidazole rings is 1. The van der Waals surface area contributed by atoms with Gasteiger partial charge in [0.05, 0.1) is 16.6 Å². The van der Waals surface area contributed by atoms with E-state index in [4.69, 9.17) is 4.98 Å². The molecule has 5 rings (SSSR count). The van der Waals surface area contributed by atoms with Crippen molar-refractivity contribution in [1.82, 2.24) is 9.38 Å². The van der Waals surface area contributed by atoms with E-state index < -0.39 is 0 Å². The van der Waals surface area contributed by atoms with Gasteiger partial charge in [-0.1, -0.05) is 56.3 Å². The van der Waals surface area contributed by atoms with Gasteiger partial charge in [-0.15, -0.1) is 0 Å². The molecule has 2 heteroatoms. The van der Waals surface area contributed by atoms with E-state index in [1.165, 1.54) is 38.3 Å². The first-order chi connectivity index (χ1) is 12.1. The molecular weight excluding hydrogens is 304 g/mol. The Hall–Kier alpha value is -2.87. The molecule has 0 atom stereocenters. The summed E-state index contributed by atoms with van der Waals surface area (Å²) in [6.07, 6.45) is 0. The smallest absolute Gasteiger partial charge is 0.146 e. The molecule has 0 saturated carbocycles. The highest BCUT2D eigenvalue weighted by molar-refractivity contribution is 6.15. The monoisotopic (exact) mass is 324 g/mol. The van der Waals surface area contributed by atoms with Crippen LogP contribution in [0.5, 0.6) is 0 Å². The Morgan fingerprint density at radius 2 is 1.64 bits per heavy atom. The molecule has 2 nitrogen and oxygen atoms in total. The molecule has 2 aromatic heterocycles. The van der Waals surface area contributed by atoms with Crippen LogP contribution < -0.4 is 0 Å². The lowest BCUT2D eigenvalue weighted by atomic mass is 10.0. The Morgan fingerprint density at radius 1 is 0.840 bits per heavy atom. The maximum atomic E-state index is 5.00. The van der Waals surface area contributed by atoms with Crippen LogP contribution in [0.25, 0.3) is 38.4 Å².